The van der Waals surface area contributed by atoms with Crippen molar-refractivity contribution < 1.29 is 9.59 Å². The maximum atomic E-state index is 11.5. The Morgan fingerprint density at radius 3 is 2.42 bits per heavy atom. The van der Waals surface area contributed by atoms with Gasteiger partial charge in [-0.1, -0.05) is 44.4 Å². The number of carbonyl (C=O) groups excluding carboxylic acids is 2. The van der Waals surface area contributed by atoms with Gasteiger partial charge in [-0.15, -0.1) is 0 Å². The molecule has 3 amide bonds. The molecule has 0 aromatic heterocycles. The third-order valence-corrected chi connectivity index (χ3v) is 2.60. The smallest absolute Gasteiger partial charge is 0.307 e. The fraction of sp³-hybridized carbons (Fsp3) is 0.429. The molecule has 104 valence electrons. The topological polar surface area (TPSA) is 70.2 Å². The van der Waals surface area contributed by atoms with Gasteiger partial charge in [-0.3, -0.25) is 10.2 Å². The van der Waals surface area contributed by atoms with Crippen molar-refractivity contribution in [2.24, 2.45) is 0 Å². The molecule has 0 unspecified atom stereocenters. The predicted molar refractivity (Wildman–Crippen MR) is 75.5 cm³/mol. The lowest BCUT2D eigenvalue weighted by Gasteiger charge is -2.08. The fourth-order valence-corrected chi connectivity index (χ4v) is 1.59. The molecule has 0 saturated heterocycles. The highest BCUT2D eigenvalue weighted by atomic mass is 16.2. The Bertz CT molecular complexity index is 393. The number of benzene rings is 1. The number of amides is 3. The van der Waals surface area contributed by atoms with Crippen molar-refractivity contribution >= 4 is 17.6 Å². The Kier molecular flexibility index (Phi) is 7.09. The van der Waals surface area contributed by atoms with Crippen LogP contribution in [0.2, 0.25) is 0 Å². The lowest BCUT2D eigenvalue weighted by Crippen LogP contribution is -2.43. The predicted octanol–water partition coefficient (Wildman–Crippen LogP) is 2.81. The van der Waals surface area contributed by atoms with E-state index in [1.54, 1.807) is 12.1 Å². The molecule has 1 rings (SSSR count). The second-order valence-corrected chi connectivity index (χ2v) is 4.30. The highest BCUT2D eigenvalue weighted by Crippen LogP contribution is 2.04. The second kappa shape index (κ2) is 8.97. The van der Waals surface area contributed by atoms with E-state index in [0.29, 0.717) is 12.1 Å². The van der Waals surface area contributed by atoms with E-state index >= 15 is 0 Å². The number of anilines is 1. The first-order chi connectivity index (χ1) is 9.22. The molecule has 0 radical (unpaired) electrons. The number of para-hydroxylation sites is 1. The lowest BCUT2D eigenvalue weighted by atomic mass is 10.1. The number of hydrogen-bond donors (Lipinski definition) is 3. The van der Waals surface area contributed by atoms with Gasteiger partial charge in [0.1, 0.15) is 0 Å². The van der Waals surface area contributed by atoms with Gasteiger partial charge in [0.2, 0.25) is 5.91 Å². The van der Waals surface area contributed by atoms with Gasteiger partial charge in [0.25, 0.3) is 0 Å². The fourth-order valence-electron chi connectivity index (χ4n) is 1.59. The molecular formula is C14H21N3O2. The van der Waals surface area contributed by atoms with Gasteiger partial charge >= 0.3 is 6.03 Å². The first-order valence-electron chi connectivity index (χ1n) is 6.63. The number of urea groups is 1. The summed E-state index contributed by atoms with van der Waals surface area (Å²) < 4.78 is 0. The van der Waals surface area contributed by atoms with Crippen molar-refractivity contribution in [3.8, 4) is 0 Å². The van der Waals surface area contributed by atoms with Gasteiger partial charge in [-0.05, 0) is 18.6 Å². The van der Waals surface area contributed by atoms with E-state index < -0.39 is 6.03 Å². The van der Waals surface area contributed by atoms with Crippen LogP contribution in [0, 0.1) is 0 Å². The first kappa shape index (κ1) is 15.0. The Balaban J connectivity index is 2.14. The van der Waals surface area contributed by atoms with Crippen LogP contribution in [0.1, 0.15) is 39.0 Å². The summed E-state index contributed by atoms with van der Waals surface area (Å²) in [4.78, 5) is 22.9. The SMILES string of the molecule is CCCCCCC(=O)NNC(=O)Nc1ccccc1. The standard InChI is InChI=1S/C14H21N3O2/c1-2-3-4-8-11-13(18)16-17-14(19)15-12-9-6-5-7-10-12/h5-7,9-10H,2-4,8,11H2,1H3,(H,16,18)(H2,15,17,19). The molecule has 0 aliphatic carbocycles. The summed E-state index contributed by atoms with van der Waals surface area (Å²) in [5, 5.41) is 2.61. The van der Waals surface area contributed by atoms with Gasteiger partial charge in [0.15, 0.2) is 0 Å². The summed E-state index contributed by atoms with van der Waals surface area (Å²) in [6.45, 7) is 2.12. The van der Waals surface area contributed by atoms with Crippen molar-refractivity contribution in [1.82, 2.24) is 10.9 Å². The lowest BCUT2D eigenvalue weighted by molar-refractivity contribution is -0.121. The number of carbonyl (C=O) groups is 2. The van der Waals surface area contributed by atoms with Crippen molar-refractivity contribution in [2.45, 2.75) is 39.0 Å². The normalized spacial score (nSPS) is 9.74. The molecule has 1 aromatic rings. The molecule has 5 heteroatoms. The van der Waals surface area contributed by atoms with E-state index in [1.807, 2.05) is 18.2 Å². The maximum absolute atomic E-state index is 11.5. The monoisotopic (exact) mass is 263 g/mol. The number of nitrogens with one attached hydrogen (secondary N) is 3. The number of hydrogen-bond acceptors (Lipinski definition) is 2. The zero-order valence-electron chi connectivity index (χ0n) is 11.2. The molecule has 0 saturated carbocycles. The van der Waals surface area contributed by atoms with Crippen molar-refractivity contribution in [3.05, 3.63) is 30.3 Å². The zero-order chi connectivity index (χ0) is 13.9. The van der Waals surface area contributed by atoms with Crippen LogP contribution >= 0.6 is 0 Å². The molecule has 0 atom stereocenters. The molecule has 3 N–H and O–H groups in total. The summed E-state index contributed by atoms with van der Waals surface area (Å²) in [6, 6.07) is 8.59. The molecule has 0 bridgehead atoms. The molecule has 0 fully saturated rings. The van der Waals surface area contributed by atoms with Crippen LogP contribution in [0.15, 0.2) is 30.3 Å². The summed E-state index contributed by atoms with van der Waals surface area (Å²) in [7, 11) is 0. The average Bonchev–Trinajstić information content (AvgIpc) is 2.42. The van der Waals surface area contributed by atoms with E-state index in [-0.39, 0.29) is 5.91 Å². The quantitative estimate of drug-likeness (QED) is 0.545. The minimum absolute atomic E-state index is 0.167. The number of rotatable bonds is 6. The Hall–Kier alpha value is -2.04. The Labute approximate surface area is 113 Å². The van der Waals surface area contributed by atoms with E-state index in [9.17, 15) is 9.59 Å². The van der Waals surface area contributed by atoms with Crippen molar-refractivity contribution in [3.63, 3.8) is 0 Å². The highest BCUT2D eigenvalue weighted by molar-refractivity contribution is 5.90. The minimum Gasteiger partial charge on any atom is -0.307 e. The van der Waals surface area contributed by atoms with Gasteiger partial charge in [-0.2, -0.15) is 0 Å². The van der Waals surface area contributed by atoms with Crippen LogP contribution in [-0.2, 0) is 4.79 Å². The molecule has 0 aliphatic rings. The molecule has 1 aromatic carbocycles. The van der Waals surface area contributed by atoms with Crippen molar-refractivity contribution in [1.29, 1.82) is 0 Å². The van der Waals surface area contributed by atoms with Crippen LogP contribution < -0.4 is 16.2 Å². The van der Waals surface area contributed by atoms with Crippen molar-refractivity contribution in [2.75, 3.05) is 5.32 Å². The summed E-state index contributed by atoms with van der Waals surface area (Å²) in [5.41, 5.74) is 5.38. The summed E-state index contributed by atoms with van der Waals surface area (Å²) in [6.07, 6.45) is 4.60. The van der Waals surface area contributed by atoms with Crippen LogP contribution in [0.25, 0.3) is 0 Å². The van der Waals surface area contributed by atoms with Gasteiger partial charge in [0.05, 0.1) is 0 Å². The van der Waals surface area contributed by atoms with E-state index in [0.717, 1.165) is 25.7 Å². The van der Waals surface area contributed by atoms with Gasteiger partial charge in [0, 0.05) is 12.1 Å². The third kappa shape index (κ3) is 7.08. The highest BCUT2D eigenvalue weighted by Gasteiger charge is 2.04. The molecule has 19 heavy (non-hydrogen) atoms. The molecule has 5 nitrogen and oxygen atoms in total. The minimum atomic E-state index is -0.451. The second-order valence-electron chi connectivity index (χ2n) is 4.30. The van der Waals surface area contributed by atoms with Crippen LogP contribution in [0.4, 0.5) is 10.5 Å². The largest absolute Gasteiger partial charge is 0.337 e. The molecule has 0 heterocycles. The van der Waals surface area contributed by atoms with E-state index in [2.05, 4.69) is 23.1 Å². The molecule has 0 spiro atoms. The Morgan fingerprint density at radius 2 is 1.74 bits per heavy atom. The van der Waals surface area contributed by atoms with Gasteiger partial charge in [-0.25, -0.2) is 10.2 Å². The Morgan fingerprint density at radius 1 is 1.00 bits per heavy atom. The number of hydrazine groups is 1. The molecule has 0 aliphatic heterocycles. The first-order valence-corrected chi connectivity index (χ1v) is 6.63. The van der Waals surface area contributed by atoms with E-state index in [1.165, 1.54) is 0 Å². The third-order valence-electron chi connectivity index (χ3n) is 2.60. The maximum Gasteiger partial charge on any atom is 0.337 e. The van der Waals surface area contributed by atoms with Crippen LogP contribution in [0.5, 0.6) is 0 Å². The molecular weight excluding hydrogens is 242 g/mol. The summed E-state index contributed by atoms with van der Waals surface area (Å²) in [5.74, 6) is -0.167. The van der Waals surface area contributed by atoms with Gasteiger partial charge < -0.3 is 5.32 Å². The van der Waals surface area contributed by atoms with E-state index in [4.69, 9.17) is 0 Å². The zero-order valence-corrected chi connectivity index (χ0v) is 11.2. The van der Waals surface area contributed by atoms with Crippen LogP contribution in [-0.4, -0.2) is 11.9 Å². The average molecular weight is 263 g/mol. The van der Waals surface area contributed by atoms with Crippen LogP contribution in [0.3, 0.4) is 0 Å². The summed E-state index contributed by atoms with van der Waals surface area (Å²) >= 11 is 0. The number of unbranched alkanes of at least 4 members (excludes halogenated alkanes) is 3.